The van der Waals surface area contributed by atoms with Gasteiger partial charge in [0.15, 0.2) is 5.82 Å². The van der Waals surface area contributed by atoms with Crippen LogP contribution in [0.4, 0.5) is 5.82 Å². The molecular weight excluding hydrogens is 344 g/mol. The van der Waals surface area contributed by atoms with Gasteiger partial charge in [-0.25, -0.2) is 0 Å². The zero-order valence-electron chi connectivity index (χ0n) is 15.5. The Morgan fingerprint density at radius 3 is 2.67 bits per heavy atom. The van der Waals surface area contributed by atoms with E-state index < -0.39 is 0 Å². The minimum atomic E-state index is -0.303. The van der Waals surface area contributed by atoms with Crippen LogP contribution in [0.2, 0.25) is 0 Å². The number of carbonyl (C=O) groups is 2. The van der Waals surface area contributed by atoms with Gasteiger partial charge in [0.1, 0.15) is 5.76 Å². The number of carbonyl (C=O) groups excluding carboxylic acids is 2. The second-order valence-corrected chi connectivity index (χ2v) is 7.30. The number of likely N-dealkylation sites (tertiary alicyclic amines) is 1. The summed E-state index contributed by atoms with van der Waals surface area (Å²) in [5.41, 5.74) is 2.37. The predicted octanol–water partition coefficient (Wildman–Crippen LogP) is 1.97. The summed E-state index contributed by atoms with van der Waals surface area (Å²) in [7, 11) is 0. The number of nitrogens with zero attached hydrogens (tertiary/aromatic N) is 3. The van der Waals surface area contributed by atoms with Gasteiger partial charge in [-0.3, -0.25) is 14.5 Å². The van der Waals surface area contributed by atoms with E-state index in [1.165, 1.54) is 11.1 Å². The molecule has 0 radical (unpaired) electrons. The van der Waals surface area contributed by atoms with Gasteiger partial charge in [-0.1, -0.05) is 29.4 Å². The number of anilines is 1. The lowest BCUT2D eigenvalue weighted by atomic mass is 9.93. The average Bonchev–Trinajstić information content (AvgIpc) is 3.32. The second-order valence-electron chi connectivity index (χ2n) is 7.30. The van der Waals surface area contributed by atoms with Crippen molar-refractivity contribution in [3.05, 3.63) is 47.2 Å². The summed E-state index contributed by atoms with van der Waals surface area (Å²) < 4.78 is 4.99. The molecule has 1 N–H and O–H groups in total. The summed E-state index contributed by atoms with van der Waals surface area (Å²) in [5.74, 6) is 0.977. The van der Waals surface area contributed by atoms with E-state index in [9.17, 15) is 9.59 Å². The number of rotatable bonds is 4. The standard InChI is InChI=1S/C20H24N4O3/c1-14-10-18(22-27-14)21-19(25)13-24-12-16-7-3-2-6-15(16)11-17(24)20(26)23-8-4-5-9-23/h2-3,6-7,10,17H,4-5,8-9,11-13H2,1H3,(H,21,22,25). The predicted molar refractivity (Wildman–Crippen MR) is 100 cm³/mol. The third kappa shape index (κ3) is 3.88. The highest BCUT2D eigenvalue weighted by Crippen LogP contribution is 2.25. The van der Waals surface area contributed by atoms with Crippen molar-refractivity contribution in [1.29, 1.82) is 0 Å². The van der Waals surface area contributed by atoms with Crippen LogP contribution >= 0.6 is 0 Å². The van der Waals surface area contributed by atoms with Crippen LogP contribution in [-0.4, -0.2) is 52.4 Å². The monoisotopic (exact) mass is 368 g/mol. The van der Waals surface area contributed by atoms with Gasteiger partial charge in [0.2, 0.25) is 11.8 Å². The Balaban J connectivity index is 1.51. The van der Waals surface area contributed by atoms with Gasteiger partial charge in [0, 0.05) is 25.7 Å². The van der Waals surface area contributed by atoms with Crippen LogP contribution in [0.3, 0.4) is 0 Å². The molecule has 3 heterocycles. The fourth-order valence-electron chi connectivity index (χ4n) is 3.93. The highest BCUT2D eigenvalue weighted by atomic mass is 16.5. The van der Waals surface area contributed by atoms with Crippen LogP contribution in [-0.2, 0) is 22.6 Å². The average molecular weight is 368 g/mol. The first-order valence-corrected chi connectivity index (χ1v) is 9.43. The smallest absolute Gasteiger partial charge is 0.240 e. The molecular formula is C20H24N4O3. The number of hydrogen-bond donors (Lipinski definition) is 1. The Labute approximate surface area is 158 Å². The molecule has 2 aliphatic heterocycles. The first kappa shape index (κ1) is 17.7. The highest BCUT2D eigenvalue weighted by molar-refractivity contribution is 5.92. The quantitative estimate of drug-likeness (QED) is 0.893. The lowest BCUT2D eigenvalue weighted by molar-refractivity contribution is -0.137. The molecule has 0 aliphatic carbocycles. The molecule has 1 fully saturated rings. The lowest BCUT2D eigenvalue weighted by Gasteiger charge is -2.37. The molecule has 142 valence electrons. The van der Waals surface area contributed by atoms with Crippen LogP contribution in [0.1, 0.15) is 29.7 Å². The largest absolute Gasteiger partial charge is 0.360 e. The summed E-state index contributed by atoms with van der Waals surface area (Å²) in [4.78, 5) is 29.5. The van der Waals surface area contributed by atoms with Crippen molar-refractivity contribution in [2.75, 3.05) is 25.0 Å². The molecule has 2 aliphatic rings. The van der Waals surface area contributed by atoms with Gasteiger partial charge in [0.05, 0.1) is 12.6 Å². The zero-order valence-corrected chi connectivity index (χ0v) is 15.5. The van der Waals surface area contributed by atoms with Gasteiger partial charge in [-0.15, -0.1) is 0 Å². The zero-order chi connectivity index (χ0) is 18.8. The van der Waals surface area contributed by atoms with Crippen molar-refractivity contribution in [1.82, 2.24) is 15.0 Å². The molecule has 1 aromatic carbocycles. The molecule has 1 unspecified atom stereocenters. The first-order chi connectivity index (χ1) is 13.1. The van der Waals surface area contributed by atoms with Crippen LogP contribution in [0.5, 0.6) is 0 Å². The molecule has 1 saturated heterocycles. The molecule has 2 amide bonds. The fraction of sp³-hybridized carbons (Fsp3) is 0.450. The van der Waals surface area contributed by atoms with E-state index in [1.807, 2.05) is 21.9 Å². The van der Waals surface area contributed by atoms with E-state index in [-0.39, 0.29) is 24.4 Å². The van der Waals surface area contributed by atoms with E-state index in [1.54, 1.807) is 13.0 Å². The number of aromatic nitrogens is 1. The lowest BCUT2D eigenvalue weighted by Crippen LogP contribution is -2.52. The molecule has 1 aromatic heterocycles. The van der Waals surface area contributed by atoms with Gasteiger partial charge in [-0.2, -0.15) is 0 Å². The molecule has 0 saturated carbocycles. The van der Waals surface area contributed by atoms with E-state index >= 15 is 0 Å². The summed E-state index contributed by atoms with van der Waals surface area (Å²) in [6.07, 6.45) is 2.75. The molecule has 0 spiro atoms. The SMILES string of the molecule is Cc1cc(NC(=O)CN2Cc3ccccc3CC2C(=O)N2CCCC2)no1. The van der Waals surface area contributed by atoms with Crippen molar-refractivity contribution in [2.24, 2.45) is 0 Å². The van der Waals surface area contributed by atoms with E-state index in [0.717, 1.165) is 25.9 Å². The van der Waals surface area contributed by atoms with E-state index in [0.29, 0.717) is 24.5 Å². The van der Waals surface area contributed by atoms with Crippen LogP contribution in [0, 0.1) is 6.92 Å². The molecule has 2 aromatic rings. The number of fused-ring (bicyclic) bond motifs is 1. The topological polar surface area (TPSA) is 78.7 Å². The maximum Gasteiger partial charge on any atom is 0.240 e. The molecule has 7 heteroatoms. The first-order valence-electron chi connectivity index (χ1n) is 9.43. The Morgan fingerprint density at radius 2 is 1.96 bits per heavy atom. The van der Waals surface area contributed by atoms with Crippen LogP contribution in [0.25, 0.3) is 0 Å². The third-order valence-electron chi connectivity index (χ3n) is 5.29. The molecule has 7 nitrogen and oxygen atoms in total. The van der Waals surface area contributed by atoms with Crippen molar-refractivity contribution in [2.45, 2.75) is 38.8 Å². The normalized spacial score (nSPS) is 19.7. The Hall–Kier alpha value is -2.67. The van der Waals surface area contributed by atoms with Crippen LogP contribution < -0.4 is 5.32 Å². The number of nitrogens with one attached hydrogen (secondary N) is 1. The Kier molecular flexibility index (Phi) is 4.94. The van der Waals surface area contributed by atoms with Crippen molar-refractivity contribution < 1.29 is 14.1 Å². The van der Waals surface area contributed by atoms with Crippen LogP contribution in [0.15, 0.2) is 34.9 Å². The minimum Gasteiger partial charge on any atom is -0.360 e. The fourth-order valence-corrected chi connectivity index (χ4v) is 3.93. The number of benzene rings is 1. The maximum atomic E-state index is 13.1. The summed E-state index contributed by atoms with van der Waals surface area (Å²) in [6.45, 7) is 4.13. The Bertz CT molecular complexity index is 841. The molecule has 0 bridgehead atoms. The third-order valence-corrected chi connectivity index (χ3v) is 5.29. The summed E-state index contributed by atoms with van der Waals surface area (Å²) >= 11 is 0. The molecule has 1 atom stereocenters. The second kappa shape index (κ2) is 7.52. The summed E-state index contributed by atoms with van der Waals surface area (Å²) in [5, 5.41) is 6.55. The van der Waals surface area contributed by atoms with E-state index in [2.05, 4.69) is 22.6 Å². The number of hydrogen-bond acceptors (Lipinski definition) is 5. The van der Waals surface area contributed by atoms with Crippen molar-refractivity contribution >= 4 is 17.6 Å². The van der Waals surface area contributed by atoms with Gasteiger partial charge >= 0.3 is 0 Å². The van der Waals surface area contributed by atoms with Gasteiger partial charge in [-0.05, 0) is 37.3 Å². The maximum absolute atomic E-state index is 13.1. The van der Waals surface area contributed by atoms with Crippen molar-refractivity contribution in [3.63, 3.8) is 0 Å². The number of aryl methyl sites for hydroxylation is 1. The highest BCUT2D eigenvalue weighted by Gasteiger charge is 2.35. The van der Waals surface area contributed by atoms with E-state index in [4.69, 9.17) is 4.52 Å². The minimum absolute atomic E-state index is 0.132. The van der Waals surface area contributed by atoms with Gasteiger partial charge < -0.3 is 14.7 Å². The Morgan fingerprint density at radius 1 is 1.22 bits per heavy atom. The van der Waals surface area contributed by atoms with Gasteiger partial charge in [0.25, 0.3) is 0 Å². The summed E-state index contributed by atoms with van der Waals surface area (Å²) in [6, 6.07) is 9.52. The molecule has 4 rings (SSSR count). The van der Waals surface area contributed by atoms with Crippen molar-refractivity contribution in [3.8, 4) is 0 Å². The molecule has 27 heavy (non-hydrogen) atoms. The number of amides is 2.